The first-order valence-corrected chi connectivity index (χ1v) is 5.73. The number of rotatable bonds is 2. The number of nitrogens with zero attached hydrogens (tertiary/aromatic N) is 2. The highest BCUT2D eigenvalue weighted by molar-refractivity contribution is 5.68. The summed E-state index contributed by atoms with van der Waals surface area (Å²) in [5.74, 6) is 0. The molecular formula is C10H12N4O5. The van der Waals surface area contributed by atoms with Crippen LogP contribution in [0, 0.1) is 0 Å². The van der Waals surface area contributed by atoms with Crippen molar-refractivity contribution in [2.24, 2.45) is 0 Å². The Hall–Kier alpha value is -1.97. The van der Waals surface area contributed by atoms with E-state index >= 15 is 0 Å². The van der Waals surface area contributed by atoms with Crippen molar-refractivity contribution in [1.82, 2.24) is 19.5 Å². The highest BCUT2D eigenvalue weighted by Gasteiger charge is 2.35. The summed E-state index contributed by atoms with van der Waals surface area (Å²) in [6, 6.07) is 0. The van der Waals surface area contributed by atoms with Crippen LogP contribution in [-0.2, 0) is 4.74 Å². The number of hydrogen-bond acceptors (Lipinski definition) is 6. The summed E-state index contributed by atoms with van der Waals surface area (Å²) in [6.45, 7) is -0.308. The van der Waals surface area contributed by atoms with Gasteiger partial charge in [-0.2, -0.15) is 0 Å². The third-order valence-electron chi connectivity index (χ3n) is 3.16. The molecule has 0 saturated carbocycles. The smallest absolute Gasteiger partial charge is 0.327 e. The Balaban J connectivity index is 2.08. The fourth-order valence-electron chi connectivity index (χ4n) is 2.25. The number of aliphatic hydroxyl groups excluding tert-OH is 2. The second-order valence-corrected chi connectivity index (χ2v) is 4.37. The SMILES string of the molecule is O=c1[nH]c(=O)c2c(ncn2[C@H]2CC(O)[C@@H](CO)O2)[nH]1. The van der Waals surface area contributed by atoms with Crippen molar-refractivity contribution in [2.45, 2.75) is 24.9 Å². The number of nitrogens with one attached hydrogen (secondary N) is 2. The van der Waals surface area contributed by atoms with E-state index in [2.05, 4.69) is 15.0 Å². The lowest BCUT2D eigenvalue weighted by Crippen LogP contribution is -2.25. The standard InChI is InChI=1S/C10H12N4O5/c15-2-5-4(16)1-6(19-5)14-3-11-8-7(14)9(17)13-10(18)12-8/h3-6,15-16H,1-2H2,(H2,12,13,17,18)/t4?,5-,6-/m1/s1. The molecule has 4 N–H and O–H groups in total. The van der Waals surface area contributed by atoms with Crippen LogP contribution >= 0.6 is 0 Å². The van der Waals surface area contributed by atoms with Gasteiger partial charge in [0.1, 0.15) is 12.3 Å². The number of fused-ring (bicyclic) bond motifs is 1. The predicted molar refractivity (Wildman–Crippen MR) is 62.6 cm³/mol. The van der Waals surface area contributed by atoms with Gasteiger partial charge in [-0.3, -0.25) is 19.3 Å². The zero-order valence-corrected chi connectivity index (χ0v) is 9.74. The number of hydrogen-bond donors (Lipinski definition) is 4. The molecular weight excluding hydrogens is 256 g/mol. The van der Waals surface area contributed by atoms with Crippen LogP contribution in [0.3, 0.4) is 0 Å². The Morgan fingerprint density at radius 1 is 1.47 bits per heavy atom. The maximum Gasteiger partial charge on any atom is 0.327 e. The van der Waals surface area contributed by atoms with Crippen LogP contribution in [0.15, 0.2) is 15.9 Å². The van der Waals surface area contributed by atoms with E-state index in [0.717, 1.165) is 0 Å². The molecule has 19 heavy (non-hydrogen) atoms. The van der Waals surface area contributed by atoms with E-state index in [0.29, 0.717) is 0 Å². The van der Waals surface area contributed by atoms with Crippen molar-refractivity contribution in [3.63, 3.8) is 0 Å². The van der Waals surface area contributed by atoms with Crippen molar-refractivity contribution in [1.29, 1.82) is 0 Å². The second-order valence-electron chi connectivity index (χ2n) is 4.37. The molecule has 0 radical (unpaired) electrons. The molecule has 0 bridgehead atoms. The van der Waals surface area contributed by atoms with Gasteiger partial charge in [0.25, 0.3) is 5.56 Å². The number of ether oxygens (including phenoxy) is 1. The van der Waals surface area contributed by atoms with Gasteiger partial charge in [0.05, 0.1) is 19.0 Å². The molecule has 1 aliphatic rings. The van der Waals surface area contributed by atoms with Crippen LogP contribution in [0.1, 0.15) is 12.6 Å². The molecule has 3 rings (SSSR count). The van der Waals surface area contributed by atoms with Gasteiger partial charge in [-0.15, -0.1) is 0 Å². The number of aromatic nitrogens is 4. The lowest BCUT2D eigenvalue weighted by atomic mass is 10.2. The fourth-order valence-corrected chi connectivity index (χ4v) is 2.25. The minimum atomic E-state index is -0.811. The highest BCUT2D eigenvalue weighted by Crippen LogP contribution is 2.29. The molecule has 9 heteroatoms. The van der Waals surface area contributed by atoms with E-state index in [1.165, 1.54) is 10.9 Å². The van der Waals surface area contributed by atoms with E-state index < -0.39 is 29.7 Å². The topological polar surface area (TPSA) is 133 Å². The van der Waals surface area contributed by atoms with Crippen molar-refractivity contribution < 1.29 is 14.9 Å². The molecule has 1 fully saturated rings. The predicted octanol–water partition coefficient (Wildman–Crippen LogP) is -1.95. The molecule has 2 aromatic heterocycles. The summed E-state index contributed by atoms with van der Waals surface area (Å²) in [7, 11) is 0. The van der Waals surface area contributed by atoms with Crippen LogP contribution in [0.4, 0.5) is 0 Å². The summed E-state index contributed by atoms with van der Waals surface area (Å²) in [5, 5.41) is 18.7. The quantitative estimate of drug-likeness (QED) is 0.500. The third-order valence-corrected chi connectivity index (χ3v) is 3.16. The summed E-state index contributed by atoms with van der Waals surface area (Å²) >= 11 is 0. The van der Waals surface area contributed by atoms with E-state index in [1.807, 2.05) is 0 Å². The van der Waals surface area contributed by atoms with Crippen molar-refractivity contribution in [3.8, 4) is 0 Å². The lowest BCUT2D eigenvalue weighted by Gasteiger charge is -2.13. The molecule has 3 heterocycles. The molecule has 2 aromatic rings. The van der Waals surface area contributed by atoms with Gasteiger partial charge >= 0.3 is 5.69 Å². The first kappa shape index (κ1) is 12.1. The van der Waals surface area contributed by atoms with Crippen LogP contribution in [0.25, 0.3) is 11.2 Å². The summed E-state index contributed by atoms with van der Waals surface area (Å²) in [6.07, 6.45) is -0.523. The first-order chi connectivity index (χ1) is 9.10. The highest BCUT2D eigenvalue weighted by atomic mass is 16.5. The van der Waals surface area contributed by atoms with Crippen LogP contribution < -0.4 is 11.2 Å². The summed E-state index contributed by atoms with van der Waals surface area (Å²) < 4.78 is 6.87. The van der Waals surface area contributed by atoms with E-state index in [-0.39, 0.29) is 24.2 Å². The Bertz CT molecular complexity index is 717. The largest absolute Gasteiger partial charge is 0.394 e. The summed E-state index contributed by atoms with van der Waals surface area (Å²) in [5.41, 5.74) is -0.903. The van der Waals surface area contributed by atoms with E-state index in [1.54, 1.807) is 0 Å². The van der Waals surface area contributed by atoms with Crippen LogP contribution in [-0.4, -0.2) is 48.5 Å². The minimum absolute atomic E-state index is 0.152. The molecule has 9 nitrogen and oxygen atoms in total. The Morgan fingerprint density at radius 2 is 2.26 bits per heavy atom. The molecule has 0 aromatic carbocycles. The van der Waals surface area contributed by atoms with E-state index in [9.17, 15) is 14.7 Å². The molecule has 1 aliphatic heterocycles. The lowest BCUT2D eigenvalue weighted by molar-refractivity contribution is -0.0431. The minimum Gasteiger partial charge on any atom is -0.394 e. The normalized spacial score (nSPS) is 27.2. The maximum absolute atomic E-state index is 11.8. The van der Waals surface area contributed by atoms with Gasteiger partial charge < -0.3 is 14.9 Å². The molecule has 0 spiro atoms. The van der Waals surface area contributed by atoms with Gasteiger partial charge in [-0.1, -0.05) is 0 Å². The van der Waals surface area contributed by atoms with Crippen molar-refractivity contribution in [3.05, 3.63) is 27.2 Å². The van der Waals surface area contributed by atoms with Gasteiger partial charge in [-0.05, 0) is 0 Å². The maximum atomic E-state index is 11.8. The van der Waals surface area contributed by atoms with Crippen LogP contribution in [0.5, 0.6) is 0 Å². The number of H-pyrrole nitrogens is 2. The molecule has 0 amide bonds. The third kappa shape index (κ3) is 1.87. The number of imidazole rings is 1. The Labute approximate surface area is 105 Å². The average molecular weight is 268 g/mol. The zero-order chi connectivity index (χ0) is 13.6. The number of aromatic amines is 2. The van der Waals surface area contributed by atoms with Crippen molar-refractivity contribution >= 4 is 11.2 Å². The summed E-state index contributed by atoms with van der Waals surface area (Å²) in [4.78, 5) is 31.3. The fraction of sp³-hybridized carbons (Fsp3) is 0.500. The zero-order valence-electron chi connectivity index (χ0n) is 9.74. The van der Waals surface area contributed by atoms with Gasteiger partial charge in [0.2, 0.25) is 0 Å². The first-order valence-electron chi connectivity index (χ1n) is 5.73. The average Bonchev–Trinajstić information content (AvgIpc) is 2.92. The number of aliphatic hydroxyl groups is 2. The molecule has 1 saturated heterocycles. The molecule has 3 atom stereocenters. The van der Waals surface area contributed by atoms with Crippen molar-refractivity contribution in [2.75, 3.05) is 6.61 Å². The van der Waals surface area contributed by atoms with Gasteiger partial charge in [0, 0.05) is 6.42 Å². The molecule has 0 aliphatic carbocycles. The molecule has 1 unspecified atom stereocenters. The Kier molecular flexibility index (Phi) is 2.73. The monoisotopic (exact) mass is 268 g/mol. The van der Waals surface area contributed by atoms with E-state index in [4.69, 9.17) is 9.84 Å². The van der Waals surface area contributed by atoms with Crippen LogP contribution in [0.2, 0.25) is 0 Å². The Morgan fingerprint density at radius 3 is 2.95 bits per heavy atom. The van der Waals surface area contributed by atoms with Gasteiger partial charge in [0.15, 0.2) is 11.2 Å². The van der Waals surface area contributed by atoms with Gasteiger partial charge in [-0.25, -0.2) is 9.78 Å². The second kappa shape index (κ2) is 4.30. The molecule has 102 valence electrons.